The van der Waals surface area contributed by atoms with Gasteiger partial charge in [-0.3, -0.25) is 4.72 Å². The van der Waals surface area contributed by atoms with Crippen LogP contribution >= 0.6 is 37.2 Å². The molecule has 13 heteroatoms. The minimum atomic E-state index is -3.81. The Bertz CT molecular complexity index is 1570. The lowest BCUT2D eigenvalue weighted by Gasteiger charge is -2.37. The highest BCUT2D eigenvalue weighted by atomic mass is 35.5. The van der Waals surface area contributed by atoms with Crippen molar-refractivity contribution in [2.24, 2.45) is 0 Å². The number of hydrogen-bond acceptors (Lipinski definition) is 7. The number of aromatic nitrogens is 1. The molecule has 2 heterocycles. The number of fused-ring (bicyclic) bond motifs is 1. The minimum absolute atomic E-state index is 0. The summed E-state index contributed by atoms with van der Waals surface area (Å²) in [5, 5.41) is 10.3. The number of carboxylic acid groups (broad SMARTS) is 1. The third-order valence-corrected chi connectivity index (χ3v) is 7.76. The van der Waals surface area contributed by atoms with E-state index in [0.717, 1.165) is 24.5 Å². The van der Waals surface area contributed by atoms with Crippen LogP contribution in [0.1, 0.15) is 10.4 Å². The fourth-order valence-electron chi connectivity index (χ4n) is 4.50. The average Bonchev–Trinajstić information content (AvgIpc) is 2.92. The third-order valence-electron chi connectivity index (χ3n) is 6.36. The molecule has 0 spiro atoms. The lowest BCUT2D eigenvalue weighted by Crippen LogP contribution is -2.47. The van der Waals surface area contributed by atoms with Gasteiger partial charge in [-0.2, -0.15) is 0 Å². The molecule has 0 unspecified atom stereocenters. The van der Waals surface area contributed by atoms with E-state index < -0.39 is 16.0 Å². The zero-order valence-corrected chi connectivity index (χ0v) is 24.7. The lowest BCUT2D eigenvalue weighted by atomic mass is 10.1. The van der Waals surface area contributed by atoms with Gasteiger partial charge in [0.1, 0.15) is 11.6 Å². The summed E-state index contributed by atoms with van der Waals surface area (Å²) in [5.74, 6) is 0.276. The smallest absolute Gasteiger partial charge is 0.336 e. The molecule has 214 valence electrons. The molecule has 1 saturated heterocycles. The molecular weight excluding hydrogens is 599 g/mol. The third kappa shape index (κ3) is 6.82. The number of piperazine rings is 1. The maximum Gasteiger partial charge on any atom is 0.336 e. The second-order valence-electron chi connectivity index (χ2n) is 8.63. The lowest BCUT2D eigenvalue weighted by molar-refractivity contribution is 0.0699. The van der Waals surface area contributed by atoms with Gasteiger partial charge in [-0.05, 0) is 48.5 Å². The summed E-state index contributed by atoms with van der Waals surface area (Å²) in [6.45, 7) is 2.76. The topological polar surface area (TPSA) is 112 Å². The molecule has 2 N–H and O–H groups in total. The molecule has 0 amide bonds. The second-order valence-corrected chi connectivity index (χ2v) is 10.3. The SMILES string of the molecule is COc1ccccc1N1CCN(c2cc(C(=O)O)c3cc(NS(=O)(=O)c4ccccc4)ccc3n2)CC1.Cl.Cl.Cl. The number of rotatable bonds is 7. The highest BCUT2D eigenvalue weighted by Crippen LogP contribution is 2.31. The van der Waals surface area contributed by atoms with Crippen molar-refractivity contribution < 1.29 is 23.1 Å². The number of anilines is 3. The average molecular weight is 628 g/mol. The van der Waals surface area contributed by atoms with Crippen molar-refractivity contribution in [3.8, 4) is 5.75 Å². The Hall–Kier alpha value is -3.44. The van der Waals surface area contributed by atoms with Crippen LogP contribution in [0.2, 0.25) is 0 Å². The van der Waals surface area contributed by atoms with Gasteiger partial charge in [0.15, 0.2) is 0 Å². The van der Waals surface area contributed by atoms with Crippen molar-refractivity contribution in [1.82, 2.24) is 4.98 Å². The number of hydrogen-bond donors (Lipinski definition) is 2. The van der Waals surface area contributed by atoms with Crippen molar-refractivity contribution >= 4 is 81.3 Å². The van der Waals surface area contributed by atoms with E-state index in [1.807, 2.05) is 24.3 Å². The molecule has 4 aromatic rings. The molecule has 40 heavy (non-hydrogen) atoms. The Balaban J connectivity index is 0.00000187. The first-order valence-corrected chi connectivity index (χ1v) is 13.2. The van der Waals surface area contributed by atoms with Crippen LogP contribution in [0.25, 0.3) is 10.9 Å². The van der Waals surface area contributed by atoms with Crippen LogP contribution in [-0.2, 0) is 10.0 Å². The van der Waals surface area contributed by atoms with Crippen molar-refractivity contribution in [1.29, 1.82) is 0 Å². The van der Waals surface area contributed by atoms with Gasteiger partial charge in [0.2, 0.25) is 0 Å². The Morgan fingerprint density at radius 1 is 0.875 bits per heavy atom. The monoisotopic (exact) mass is 626 g/mol. The Morgan fingerprint density at radius 2 is 1.50 bits per heavy atom. The van der Waals surface area contributed by atoms with Crippen molar-refractivity contribution in [3.63, 3.8) is 0 Å². The Labute approximate surface area is 251 Å². The molecule has 0 bridgehead atoms. The molecule has 1 fully saturated rings. The molecule has 0 radical (unpaired) electrons. The van der Waals surface area contributed by atoms with Gasteiger partial charge >= 0.3 is 5.97 Å². The van der Waals surface area contributed by atoms with Gasteiger partial charge in [0.25, 0.3) is 10.0 Å². The van der Waals surface area contributed by atoms with Gasteiger partial charge in [0, 0.05) is 37.3 Å². The highest BCUT2D eigenvalue weighted by molar-refractivity contribution is 7.92. The number of pyridine rings is 1. The first-order chi connectivity index (χ1) is 17.9. The summed E-state index contributed by atoms with van der Waals surface area (Å²) < 4.78 is 33.5. The zero-order chi connectivity index (χ0) is 26.0. The van der Waals surface area contributed by atoms with Gasteiger partial charge in [-0.15, -0.1) is 37.2 Å². The summed E-state index contributed by atoms with van der Waals surface area (Å²) in [6.07, 6.45) is 0. The van der Waals surface area contributed by atoms with E-state index in [2.05, 4.69) is 14.5 Å². The van der Waals surface area contributed by atoms with Gasteiger partial charge in [-0.25, -0.2) is 18.2 Å². The van der Waals surface area contributed by atoms with E-state index in [4.69, 9.17) is 9.72 Å². The summed E-state index contributed by atoms with van der Waals surface area (Å²) >= 11 is 0. The summed E-state index contributed by atoms with van der Waals surface area (Å²) in [4.78, 5) is 21.3. The number of nitrogens with zero attached hydrogens (tertiary/aromatic N) is 3. The minimum Gasteiger partial charge on any atom is -0.495 e. The van der Waals surface area contributed by atoms with Crippen LogP contribution in [0.5, 0.6) is 5.75 Å². The Morgan fingerprint density at radius 3 is 2.15 bits per heavy atom. The predicted molar refractivity (Wildman–Crippen MR) is 165 cm³/mol. The number of carboxylic acids is 1. The molecule has 0 atom stereocenters. The van der Waals surface area contributed by atoms with Crippen LogP contribution < -0.4 is 19.3 Å². The van der Waals surface area contributed by atoms with Crippen molar-refractivity contribution in [2.75, 3.05) is 47.8 Å². The van der Waals surface area contributed by atoms with Crippen LogP contribution in [0.4, 0.5) is 17.2 Å². The first kappa shape index (κ1) is 32.8. The summed E-state index contributed by atoms with van der Waals surface area (Å²) in [7, 11) is -2.16. The fraction of sp³-hybridized carbons (Fsp3) is 0.185. The molecule has 1 aliphatic heterocycles. The van der Waals surface area contributed by atoms with Gasteiger partial charge in [0.05, 0.1) is 28.8 Å². The highest BCUT2D eigenvalue weighted by Gasteiger charge is 2.23. The standard InChI is InChI=1S/C27H26N4O5S.3ClH/c1-36-25-10-6-5-9-24(25)30-13-15-31(16-14-30)26-18-22(27(32)33)21-17-19(11-12-23(21)28-26)29-37(34,35)20-7-3-2-4-8-20;;;/h2-12,17-18,29H,13-16H2,1H3,(H,32,33);3*1H. The number of nitrogens with one attached hydrogen (secondary N) is 1. The van der Waals surface area contributed by atoms with Crippen LogP contribution in [0, 0.1) is 0 Å². The quantitative estimate of drug-likeness (QED) is 0.283. The van der Waals surface area contributed by atoms with Crippen LogP contribution in [0.3, 0.4) is 0 Å². The Kier molecular flexibility index (Phi) is 11.3. The molecule has 0 aliphatic carbocycles. The molecule has 0 saturated carbocycles. The van der Waals surface area contributed by atoms with Gasteiger partial charge < -0.3 is 19.6 Å². The number of sulfonamides is 1. The number of aromatic carboxylic acids is 1. The summed E-state index contributed by atoms with van der Waals surface area (Å²) in [6, 6.07) is 22.1. The maximum absolute atomic E-state index is 12.7. The van der Waals surface area contributed by atoms with E-state index >= 15 is 0 Å². The molecule has 1 aromatic heterocycles. The second kappa shape index (κ2) is 13.8. The number of para-hydroxylation sites is 2. The predicted octanol–water partition coefficient (Wildman–Crippen LogP) is 5.33. The number of methoxy groups -OCH3 is 1. The number of ether oxygens (including phenoxy) is 1. The number of halogens is 3. The van der Waals surface area contributed by atoms with Crippen molar-refractivity contribution in [3.05, 3.63) is 84.4 Å². The van der Waals surface area contributed by atoms with E-state index in [1.54, 1.807) is 43.5 Å². The van der Waals surface area contributed by atoms with E-state index in [0.29, 0.717) is 29.8 Å². The molecule has 9 nitrogen and oxygen atoms in total. The van der Waals surface area contributed by atoms with E-state index in [9.17, 15) is 18.3 Å². The fourth-order valence-corrected chi connectivity index (χ4v) is 5.57. The molecule has 3 aromatic carbocycles. The molecule has 5 rings (SSSR count). The number of benzene rings is 3. The molecular formula is C27H29Cl3N4O5S. The van der Waals surface area contributed by atoms with Crippen molar-refractivity contribution in [2.45, 2.75) is 4.90 Å². The zero-order valence-electron chi connectivity index (χ0n) is 21.4. The van der Waals surface area contributed by atoms with Crippen LogP contribution in [-0.4, -0.2) is 57.8 Å². The van der Waals surface area contributed by atoms with E-state index in [1.165, 1.54) is 18.2 Å². The first-order valence-electron chi connectivity index (χ1n) is 11.7. The summed E-state index contributed by atoms with van der Waals surface area (Å²) in [5.41, 5.74) is 1.82. The van der Waals surface area contributed by atoms with Crippen LogP contribution in [0.15, 0.2) is 83.8 Å². The van der Waals surface area contributed by atoms with E-state index in [-0.39, 0.29) is 53.4 Å². The number of carbonyl (C=O) groups is 1. The molecule has 1 aliphatic rings. The normalized spacial score (nSPS) is 12.9. The largest absolute Gasteiger partial charge is 0.495 e. The maximum atomic E-state index is 12.7. The van der Waals surface area contributed by atoms with Gasteiger partial charge in [-0.1, -0.05) is 30.3 Å².